The summed E-state index contributed by atoms with van der Waals surface area (Å²) in [6, 6.07) is 5.57. The molecule has 0 radical (unpaired) electrons. The van der Waals surface area contributed by atoms with Crippen LogP contribution in [0.3, 0.4) is 0 Å². The molecule has 1 unspecified atom stereocenters. The van der Waals surface area contributed by atoms with E-state index in [1.165, 1.54) is 18.2 Å². The molecule has 2 amide bonds. The predicted molar refractivity (Wildman–Crippen MR) is 88.6 cm³/mol. The van der Waals surface area contributed by atoms with Crippen LogP contribution in [0, 0.1) is 11.2 Å². The van der Waals surface area contributed by atoms with Gasteiger partial charge in [0.25, 0.3) is 0 Å². The van der Waals surface area contributed by atoms with Gasteiger partial charge in [0.15, 0.2) is 0 Å². The Morgan fingerprint density at radius 2 is 2.00 bits per heavy atom. The van der Waals surface area contributed by atoms with Crippen molar-refractivity contribution in [2.45, 2.75) is 38.2 Å². The molecule has 1 aromatic rings. The van der Waals surface area contributed by atoms with Crippen molar-refractivity contribution in [3.05, 3.63) is 35.6 Å². The maximum Gasteiger partial charge on any atom is 0.230 e. The zero-order chi connectivity index (χ0) is 17.7. The summed E-state index contributed by atoms with van der Waals surface area (Å²) in [5.74, 6) is -0.760. The van der Waals surface area contributed by atoms with Crippen LogP contribution >= 0.6 is 0 Å². The Morgan fingerprint density at radius 1 is 1.33 bits per heavy atom. The topological polar surface area (TPSA) is 69.6 Å². The number of rotatable bonds is 6. The molecule has 132 valence electrons. The third-order valence-electron chi connectivity index (χ3n) is 4.66. The fraction of sp³-hybridized carbons (Fsp3) is 0.556. The molecular weight excluding hydrogens is 311 g/mol. The summed E-state index contributed by atoms with van der Waals surface area (Å²) in [5.41, 5.74) is -0.173. The fourth-order valence-corrected chi connectivity index (χ4v) is 3.34. The minimum Gasteiger partial charge on any atom is -0.388 e. The van der Waals surface area contributed by atoms with Crippen molar-refractivity contribution < 1.29 is 19.1 Å². The summed E-state index contributed by atoms with van der Waals surface area (Å²) in [5, 5.41) is 12.8. The number of halogens is 1. The molecule has 6 heteroatoms. The lowest BCUT2D eigenvalue weighted by Gasteiger charge is -2.31. The number of hydrogen-bond acceptors (Lipinski definition) is 3. The summed E-state index contributed by atoms with van der Waals surface area (Å²) in [4.78, 5) is 26.1. The number of nitrogens with zero attached hydrogens (tertiary/aromatic N) is 1. The Balaban J connectivity index is 1.93. The summed E-state index contributed by atoms with van der Waals surface area (Å²) < 4.78 is 13.2. The van der Waals surface area contributed by atoms with Crippen molar-refractivity contribution in [1.29, 1.82) is 0 Å². The van der Waals surface area contributed by atoms with Gasteiger partial charge >= 0.3 is 0 Å². The molecule has 0 heterocycles. The van der Waals surface area contributed by atoms with Crippen LogP contribution in [0.5, 0.6) is 0 Å². The van der Waals surface area contributed by atoms with Crippen LogP contribution < -0.4 is 5.32 Å². The Labute approximate surface area is 141 Å². The van der Waals surface area contributed by atoms with Crippen LogP contribution in [0.2, 0.25) is 0 Å². The van der Waals surface area contributed by atoms with Crippen molar-refractivity contribution in [3.63, 3.8) is 0 Å². The molecule has 5 nitrogen and oxygen atoms in total. The van der Waals surface area contributed by atoms with Gasteiger partial charge in [-0.1, -0.05) is 25.0 Å². The van der Waals surface area contributed by atoms with Crippen molar-refractivity contribution in [2.75, 3.05) is 20.6 Å². The number of aliphatic hydroxyl groups is 1. The molecule has 0 bridgehead atoms. The van der Waals surface area contributed by atoms with Gasteiger partial charge in [0.1, 0.15) is 5.82 Å². The van der Waals surface area contributed by atoms with E-state index in [2.05, 4.69) is 5.32 Å². The Kier molecular flexibility index (Phi) is 5.94. The summed E-state index contributed by atoms with van der Waals surface area (Å²) in [6.07, 6.45) is 2.25. The second-order valence-corrected chi connectivity index (χ2v) is 6.74. The molecule has 1 saturated carbocycles. The molecule has 0 saturated heterocycles. The first-order chi connectivity index (χ1) is 11.3. The van der Waals surface area contributed by atoms with Gasteiger partial charge in [0.05, 0.1) is 17.9 Å². The lowest BCUT2D eigenvalue weighted by Crippen LogP contribution is -2.46. The highest BCUT2D eigenvalue weighted by molar-refractivity contribution is 5.84. The van der Waals surface area contributed by atoms with Gasteiger partial charge in [0.2, 0.25) is 11.8 Å². The number of aliphatic hydroxyl groups excluding tert-OH is 1. The molecular formula is C18H25FN2O3. The predicted octanol–water partition coefficient (Wildman–Crippen LogP) is 2.01. The van der Waals surface area contributed by atoms with E-state index in [1.54, 1.807) is 25.1 Å². The first-order valence-corrected chi connectivity index (χ1v) is 8.26. The molecule has 1 fully saturated rings. The van der Waals surface area contributed by atoms with E-state index in [0.29, 0.717) is 5.56 Å². The number of nitrogens with one attached hydrogen (secondary N) is 1. The number of hydrogen-bond donors (Lipinski definition) is 2. The molecule has 1 aliphatic rings. The summed E-state index contributed by atoms with van der Waals surface area (Å²) in [6.45, 7) is 0.277. The summed E-state index contributed by atoms with van der Waals surface area (Å²) in [7, 11) is 3.44. The highest BCUT2D eigenvalue weighted by Gasteiger charge is 2.42. The maximum absolute atomic E-state index is 13.2. The average molecular weight is 336 g/mol. The van der Waals surface area contributed by atoms with Crippen LogP contribution in [0.1, 0.15) is 43.8 Å². The van der Waals surface area contributed by atoms with E-state index in [9.17, 15) is 19.1 Å². The first kappa shape index (κ1) is 18.4. The molecule has 0 spiro atoms. The van der Waals surface area contributed by atoms with E-state index < -0.39 is 17.3 Å². The standard InChI is InChI=1S/C18H25FN2O3/c1-21(2)17(24)18(8-3-4-9-18)12-20-16(23)11-15(22)13-6-5-7-14(19)10-13/h5-7,10,15,22H,3-4,8-9,11-12H2,1-2H3,(H,20,23). The van der Waals surface area contributed by atoms with E-state index in [0.717, 1.165) is 25.7 Å². The molecule has 2 N–H and O–H groups in total. The van der Waals surface area contributed by atoms with Gasteiger partial charge in [-0.3, -0.25) is 9.59 Å². The molecule has 1 aliphatic carbocycles. The highest BCUT2D eigenvalue weighted by Crippen LogP contribution is 2.39. The Morgan fingerprint density at radius 3 is 2.58 bits per heavy atom. The number of benzene rings is 1. The van der Waals surface area contributed by atoms with Crippen LogP contribution in [0.15, 0.2) is 24.3 Å². The van der Waals surface area contributed by atoms with Crippen LogP contribution in [-0.4, -0.2) is 42.5 Å². The number of amides is 2. The zero-order valence-electron chi connectivity index (χ0n) is 14.2. The molecule has 1 aromatic carbocycles. The van der Waals surface area contributed by atoms with Crippen molar-refractivity contribution in [1.82, 2.24) is 10.2 Å². The Hall–Kier alpha value is -1.95. The smallest absolute Gasteiger partial charge is 0.230 e. The molecule has 24 heavy (non-hydrogen) atoms. The number of carbonyl (C=O) groups is 2. The van der Waals surface area contributed by atoms with Crippen molar-refractivity contribution >= 4 is 11.8 Å². The SMILES string of the molecule is CN(C)C(=O)C1(CNC(=O)CC(O)c2cccc(F)c2)CCCC1. The van der Waals surface area contributed by atoms with E-state index in [-0.39, 0.29) is 24.8 Å². The van der Waals surface area contributed by atoms with Gasteiger partial charge in [-0.25, -0.2) is 4.39 Å². The minimum absolute atomic E-state index is 0.0333. The molecule has 1 atom stereocenters. The lowest BCUT2D eigenvalue weighted by molar-refractivity contribution is -0.139. The van der Waals surface area contributed by atoms with Crippen molar-refractivity contribution in [2.24, 2.45) is 5.41 Å². The van der Waals surface area contributed by atoms with E-state index >= 15 is 0 Å². The summed E-state index contributed by atoms with van der Waals surface area (Å²) >= 11 is 0. The monoisotopic (exact) mass is 336 g/mol. The Bertz CT molecular complexity index is 598. The van der Waals surface area contributed by atoms with Gasteiger partial charge < -0.3 is 15.3 Å². The number of carbonyl (C=O) groups excluding carboxylic acids is 2. The molecule has 0 aliphatic heterocycles. The van der Waals surface area contributed by atoms with E-state index in [4.69, 9.17) is 0 Å². The van der Waals surface area contributed by atoms with Gasteiger partial charge in [-0.2, -0.15) is 0 Å². The first-order valence-electron chi connectivity index (χ1n) is 8.26. The van der Waals surface area contributed by atoms with Crippen LogP contribution in [-0.2, 0) is 9.59 Å². The molecule has 0 aromatic heterocycles. The minimum atomic E-state index is -1.07. The average Bonchev–Trinajstić information content (AvgIpc) is 3.02. The highest BCUT2D eigenvalue weighted by atomic mass is 19.1. The van der Waals surface area contributed by atoms with Crippen LogP contribution in [0.4, 0.5) is 4.39 Å². The molecule has 2 rings (SSSR count). The second kappa shape index (κ2) is 7.75. The van der Waals surface area contributed by atoms with Gasteiger partial charge in [-0.05, 0) is 30.5 Å². The lowest BCUT2D eigenvalue weighted by atomic mass is 9.84. The zero-order valence-corrected chi connectivity index (χ0v) is 14.2. The quantitative estimate of drug-likeness (QED) is 0.835. The van der Waals surface area contributed by atoms with E-state index in [1.807, 2.05) is 0 Å². The van der Waals surface area contributed by atoms with Gasteiger partial charge in [0, 0.05) is 20.6 Å². The third-order valence-corrected chi connectivity index (χ3v) is 4.66. The second-order valence-electron chi connectivity index (χ2n) is 6.74. The fourth-order valence-electron chi connectivity index (χ4n) is 3.34. The third kappa shape index (κ3) is 4.32. The normalized spacial score (nSPS) is 17.3. The maximum atomic E-state index is 13.2. The van der Waals surface area contributed by atoms with Crippen LogP contribution in [0.25, 0.3) is 0 Å². The van der Waals surface area contributed by atoms with Gasteiger partial charge in [-0.15, -0.1) is 0 Å². The largest absolute Gasteiger partial charge is 0.388 e. The van der Waals surface area contributed by atoms with Crippen molar-refractivity contribution in [3.8, 4) is 0 Å².